The van der Waals surface area contributed by atoms with Crippen LogP contribution in [0.15, 0.2) is 24.3 Å². The van der Waals surface area contributed by atoms with Gasteiger partial charge in [-0.15, -0.1) is 5.75 Å². The Morgan fingerprint density at radius 2 is 1.84 bits per heavy atom. The molecule has 7 nitrogen and oxygen atoms in total. The first kappa shape index (κ1) is 12.6. The lowest BCUT2D eigenvalue weighted by atomic mass is 10.2. The van der Waals surface area contributed by atoms with Crippen molar-refractivity contribution in [1.82, 2.24) is 9.55 Å². The number of hydrogen-bond acceptors (Lipinski definition) is 5. The van der Waals surface area contributed by atoms with Gasteiger partial charge in [0, 0.05) is 12.6 Å². The number of rotatable bonds is 3. The van der Waals surface area contributed by atoms with Crippen LogP contribution in [0.5, 0.6) is 5.75 Å². The number of carboxylic acids is 2. The fourth-order valence-corrected chi connectivity index (χ4v) is 1.75. The van der Waals surface area contributed by atoms with Crippen molar-refractivity contribution < 1.29 is 24.9 Å². The summed E-state index contributed by atoms with van der Waals surface area (Å²) in [5.74, 6) is -3.16. The van der Waals surface area contributed by atoms with E-state index in [1.54, 1.807) is 0 Å². The predicted molar refractivity (Wildman–Crippen MR) is 59.4 cm³/mol. The number of aromatic carboxylic acids is 2. The van der Waals surface area contributed by atoms with Crippen LogP contribution in [0.4, 0.5) is 0 Å². The lowest BCUT2D eigenvalue weighted by Gasteiger charge is -2.07. The second kappa shape index (κ2) is 4.45. The minimum Gasteiger partial charge on any atom is -0.872 e. The molecule has 0 saturated carbocycles. The Hall–Kier alpha value is -2.83. The van der Waals surface area contributed by atoms with E-state index in [0.717, 1.165) is 4.57 Å². The number of imidazole rings is 1. The van der Waals surface area contributed by atoms with Gasteiger partial charge in [-0.2, -0.15) is 0 Å². The van der Waals surface area contributed by atoms with Crippen LogP contribution in [0.1, 0.15) is 21.0 Å². The van der Waals surface area contributed by atoms with E-state index in [4.69, 9.17) is 5.11 Å². The van der Waals surface area contributed by atoms with Crippen molar-refractivity contribution in [3.05, 3.63) is 35.7 Å². The van der Waals surface area contributed by atoms with Crippen LogP contribution in [0, 0.1) is 0 Å². The fourth-order valence-electron chi connectivity index (χ4n) is 1.75. The molecule has 2 aromatic rings. The van der Waals surface area contributed by atoms with Gasteiger partial charge in [-0.05, 0) is 0 Å². The quantitative estimate of drug-likeness (QED) is 0.773. The minimum atomic E-state index is -1.67. The van der Waals surface area contributed by atoms with Crippen molar-refractivity contribution in [2.24, 2.45) is 7.05 Å². The Morgan fingerprint density at radius 1 is 1.26 bits per heavy atom. The molecule has 7 heteroatoms. The van der Waals surface area contributed by atoms with Crippen molar-refractivity contribution in [1.29, 1.82) is 0 Å². The molecule has 1 heterocycles. The normalized spacial score (nSPS) is 10.4. The van der Waals surface area contributed by atoms with Gasteiger partial charge < -0.3 is 24.7 Å². The van der Waals surface area contributed by atoms with Gasteiger partial charge in [-0.3, -0.25) is 0 Å². The smallest absolute Gasteiger partial charge is 0.354 e. The van der Waals surface area contributed by atoms with E-state index in [9.17, 15) is 19.8 Å². The molecule has 0 aliphatic carbocycles. The molecule has 0 bridgehead atoms. The third-order valence-corrected chi connectivity index (χ3v) is 2.60. The van der Waals surface area contributed by atoms with Gasteiger partial charge in [0.2, 0.25) is 0 Å². The molecule has 19 heavy (non-hydrogen) atoms. The van der Waals surface area contributed by atoms with Crippen LogP contribution in [-0.2, 0) is 7.05 Å². The molecule has 2 rings (SSSR count). The van der Waals surface area contributed by atoms with E-state index < -0.39 is 23.3 Å². The zero-order chi connectivity index (χ0) is 14.2. The Balaban J connectivity index is 2.65. The molecule has 0 amide bonds. The Bertz CT molecular complexity index is 658. The highest BCUT2D eigenvalue weighted by Gasteiger charge is 2.21. The summed E-state index contributed by atoms with van der Waals surface area (Å²) >= 11 is 0. The van der Waals surface area contributed by atoms with Crippen LogP contribution in [0.25, 0.3) is 11.4 Å². The van der Waals surface area contributed by atoms with Crippen molar-refractivity contribution in [3.8, 4) is 17.1 Å². The van der Waals surface area contributed by atoms with Gasteiger partial charge in [0.15, 0.2) is 5.69 Å². The number of hydrogen-bond donors (Lipinski definition) is 1. The summed E-state index contributed by atoms with van der Waals surface area (Å²) in [6.07, 6.45) is 0. The monoisotopic (exact) mass is 260 g/mol. The summed E-state index contributed by atoms with van der Waals surface area (Å²) in [7, 11) is 1.38. The maximum absolute atomic E-state index is 11.0. The van der Waals surface area contributed by atoms with Gasteiger partial charge in [0.1, 0.15) is 11.5 Å². The first-order valence-corrected chi connectivity index (χ1v) is 5.20. The predicted octanol–water partition coefficient (Wildman–Crippen LogP) is -0.778. The topological polar surface area (TPSA) is 118 Å². The first-order valence-electron chi connectivity index (χ1n) is 5.20. The molecule has 0 fully saturated rings. The van der Waals surface area contributed by atoms with Gasteiger partial charge in [0.25, 0.3) is 0 Å². The fraction of sp³-hybridized carbons (Fsp3) is 0.0833. The van der Waals surface area contributed by atoms with E-state index in [1.807, 2.05) is 0 Å². The molecule has 0 aliphatic heterocycles. The number of nitrogens with zero attached hydrogens (tertiary/aromatic N) is 2. The van der Waals surface area contributed by atoms with Crippen molar-refractivity contribution in [2.45, 2.75) is 0 Å². The molecular weight excluding hydrogens is 252 g/mol. The molecule has 1 aromatic carbocycles. The minimum absolute atomic E-state index is 0.136. The van der Waals surface area contributed by atoms with E-state index in [1.165, 1.54) is 31.3 Å². The standard InChI is InChI=1S/C12H10N2O5/c1-14-9(12(18)19)8(11(16)17)13-10(14)6-2-4-7(15)5-3-6/h2-5,15H,1H3,(H,16,17)(H,18,19)/p-2. The number of carbonyl (C=O) groups excluding carboxylic acids is 1. The molecule has 0 spiro atoms. The highest BCUT2D eigenvalue weighted by Crippen LogP contribution is 2.22. The molecule has 1 aromatic heterocycles. The number of benzene rings is 1. The second-order valence-electron chi connectivity index (χ2n) is 3.81. The third kappa shape index (κ3) is 2.13. The highest BCUT2D eigenvalue weighted by molar-refractivity contribution is 5.99. The molecule has 98 valence electrons. The third-order valence-electron chi connectivity index (χ3n) is 2.60. The highest BCUT2D eigenvalue weighted by atomic mass is 16.4. The van der Waals surface area contributed by atoms with Gasteiger partial charge in [-0.1, -0.05) is 24.3 Å². The van der Waals surface area contributed by atoms with Gasteiger partial charge in [-0.25, -0.2) is 9.78 Å². The second-order valence-corrected chi connectivity index (χ2v) is 3.81. The molecule has 0 aliphatic rings. The zero-order valence-corrected chi connectivity index (χ0v) is 9.78. The van der Waals surface area contributed by atoms with E-state index in [-0.39, 0.29) is 11.6 Å². The average molecular weight is 260 g/mol. The molecule has 0 unspecified atom stereocenters. The lowest BCUT2D eigenvalue weighted by Crippen LogP contribution is -2.25. The summed E-state index contributed by atoms with van der Waals surface area (Å²) < 4.78 is 1.13. The average Bonchev–Trinajstić information content (AvgIpc) is 2.68. The van der Waals surface area contributed by atoms with Gasteiger partial charge in [0.05, 0.1) is 5.97 Å². The summed E-state index contributed by atoms with van der Waals surface area (Å²) in [4.78, 5) is 25.7. The van der Waals surface area contributed by atoms with Crippen molar-refractivity contribution >= 4 is 11.9 Å². The Labute approximate surface area is 107 Å². The Morgan fingerprint density at radius 3 is 2.26 bits per heavy atom. The van der Waals surface area contributed by atoms with E-state index in [0.29, 0.717) is 5.56 Å². The maximum Gasteiger partial charge on any atom is 0.354 e. The number of carbonyl (C=O) groups is 2. The molecule has 0 saturated heterocycles. The summed E-state index contributed by atoms with van der Waals surface area (Å²) in [6, 6.07) is 5.44. The summed E-state index contributed by atoms with van der Waals surface area (Å²) in [6.45, 7) is 0. The zero-order valence-electron chi connectivity index (χ0n) is 9.78. The summed E-state index contributed by atoms with van der Waals surface area (Å²) in [5.41, 5.74) is -0.672. The van der Waals surface area contributed by atoms with Crippen LogP contribution in [0.2, 0.25) is 0 Å². The van der Waals surface area contributed by atoms with Crippen LogP contribution < -0.4 is 10.2 Å². The largest absolute Gasteiger partial charge is 0.872 e. The van der Waals surface area contributed by atoms with Crippen LogP contribution in [-0.4, -0.2) is 26.6 Å². The summed E-state index contributed by atoms with van der Waals surface area (Å²) in [5, 5.41) is 30.9. The SMILES string of the molecule is Cn1c(-c2ccc([O-])cc2)nc(C(=O)[O-])c1C(=O)O. The van der Waals surface area contributed by atoms with Crippen molar-refractivity contribution in [3.63, 3.8) is 0 Å². The molecule has 0 atom stereocenters. The maximum atomic E-state index is 11.0. The Kier molecular flexibility index (Phi) is 2.95. The van der Waals surface area contributed by atoms with Crippen molar-refractivity contribution in [2.75, 3.05) is 0 Å². The molecular formula is C12H8N2O5-2. The molecule has 1 N–H and O–H groups in total. The van der Waals surface area contributed by atoms with Crippen LogP contribution >= 0.6 is 0 Å². The first-order chi connectivity index (χ1) is 8.91. The number of aromatic nitrogens is 2. The van der Waals surface area contributed by atoms with Crippen LogP contribution in [0.3, 0.4) is 0 Å². The lowest BCUT2D eigenvalue weighted by molar-refractivity contribution is -0.268. The van der Waals surface area contributed by atoms with E-state index in [2.05, 4.69) is 4.98 Å². The molecule has 0 radical (unpaired) electrons. The number of carboxylic acid groups (broad SMARTS) is 2. The van der Waals surface area contributed by atoms with E-state index >= 15 is 0 Å². The van der Waals surface area contributed by atoms with Gasteiger partial charge >= 0.3 is 5.97 Å².